The van der Waals surface area contributed by atoms with Gasteiger partial charge in [-0.25, -0.2) is 12.9 Å². The minimum absolute atomic E-state index is 0.106. The summed E-state index contributed by atoms with van der Waals surface area (Å²) >= 11 is 0. The second kappa shape index (κ2) is 11.3. The lowest BCUT2D eigenvalue weighted by atomic mass is 10.1. The summed E-state index contributed by atoms with van der Waals surface area (Å²) in [6, 6.07) is 19.4. The van der Waals surface area contributed by atoms with Crippen LogP contribution in [0.2, 0.25) is 0 Å². The maximum absolute atomic E-state index is 12.5. The molecule has 11 heteroatoms. The Morgan fingerprint density at radius 1 is 1.03 bits per heavy atom. The van der Waals surface area contributed by atoms with Gasteiger partial charge in [0.15, 0.2) is 15.5 Å². The summed E-state index contributed by atoms with van der Waals surface area (Å²) in [5.74, 6) is 0.280. The number of morpholine rings is 1. The lowest BCUT2D eigenvalue weighted by Gasteiger charge is -2.26. The van der Waals surface area contributed by atoms with Gasteiger partial charge in [0, 0.05) is 42.7 Å². The average molecular weight is 535 g/mol. The van der Waals surface area contributed by atoms with Gasteiger partial charge in [0.1, 0.15) is 0 Å². The third kappa shape index (κ3) is 6.18. The molecule has 0 unspecified atom stereocenters. The normalized spacial score (nSPS) is 14.4. The molecule has 0 bridgehead atoms. The number of ether oxygens (including phenoxy) is 1. The first-order valence-corrected chi connectivity index (χ1v) is 14.4. The molecule has 1 aliphatic rings. The molecule has 1 amide bonds. The monoisotopic (exact) mass is 534 g/mol. The maximum atomic E-state index is 12.5. The molecule has 2 aromatic heterocycles. The second-order valence-corrected chi connectivity index (χ2v) is 11.2. The zero-order chi connectivity index (χ0) is 26.5. The van der Waals surface area contributed by atoms with Crippen LogP contribution in [0.15, 0.2) is 71.6 Å². The first-order valence-electron chi connectivity index (χ1n) is 12.5. The van der Waals surface area contributed by atoms with Crippen LogP contribution in [0.25, 0.3) is 16.9 Å². The zero-order valence-electron chi connectivity index (χ0n) is 21.1. The summed E-state index contributed by atoms with van der Waals surface area (Å²) in [6.07, 6.45) is 2.08. The van der Waals surface area contributed by atoms with Crippen molar-refractivity contribution in [2.45, 2.75) is 11.3 Å². The highest BCUT2D eigenvalue weighted by molar-refractivity contribution is 7.90. The third-order valence-corrected chi connectivity index (χ3v) is 7.47. The molecular formula is C27H30N6O4S. The van der Waals surface area contributed by atoms with Gasteiger partial charge in [-0.3, -0.25) is 9.69 Å². The lowest BCUT2D eigenvalue weighted by molar-refractivity contribution is 0.0374. The average Bonchev–Trinajstić information content (AvgIpc) is 3.34. The highest BCUT2D eigenvalue weighted by Crippen LogP contribution is 2.24. The molecule has 0 atom stereocenters. The van der Waals surface area contributed by atoms with Crippen molar-refractivity contribution in [1.29, 1.82) is 0 Å². The van der Waals surface area contributed by atoms with Gasteiger partial charge in [-0.05, 0) is 61.5 Å². The number of carbonyl (C=O) groups excluding carboxylic acids is 1. The third-order valence-electron chi connectivity index (χ3n) is 6.36. The molecule has 0 saturated carbocycles. The summed E-state index contributed by atoms with van der Waals surface area (Å²) < 4.78 is 31.0. The lowest BCUT2D eigenvalue weighted by Crippen LogP contribution is -2.38. The largest absolute Gasteiger partial charge is 0.379 e. The molecule has 0 radical (unpaired) electrons. The molecular weight excluding hydrogens is 504 g/mol. The molecule has 10 nitrogen and oxygen atoms in total. The molecule has 198 valence electrons. The Morgan fingerprint density at radius 3 is 2.55 bits per heavy atom. The minimum atomic E-state index is -3.34. The van der Waals surface area contributed by atoms with E-state index in [1.54, 1.807) is 34.8 Å². The van der Waals surface area contributed by atoms with Crippen molar-refractivity contribution in [3.05, 3.63) is 72.3 Å². The SMILES string of the molecule is CS(=O)(=O)c1cccc(-c2cccc3nc(Nc4ccc(C(=O)NCCCN5CCOCC5)cc4)nn23)c1. The number of sulfone groups is 1. The van der Waals surface area contributed by atoms with Crippen LogP contribution in [0, 0.1) is 0 Å². The summed E-state index contributed by atoms with van der Waals surface area (Å²) in [6.45, 7) is 5.01. The van der Waals surface area contributed by atoms with E-state index in [9.17, 15) is 13.2 Å². The van der Waals surface area contributed by atoms with E-state index in [1.165, 1.54) is 6.26 Å². The topological polar surface area (TPSA) is 118 Å². The van der Waals surface area contributed by atoms with Gasteiger partial charge in [-0.2, -0.15) is 4.98 Å². The van der Waals surface area contributed by atoms with Gasteiger partial charge in [0.2, 0.25) is 5.95 Å². The van der Waals surface area contributed by atoms with Gasteiger partial charge < -0.3 is 15.4 Å². The van der Waals surface area contributed by atoms with Gasteiger partial charge in [-0.15, -0.1) is 5.10 Å². The maximum Gasteiger partial charge on any atom is 0.251 e. The predicted molar refractivity (Wildman–Crippen MR) is 145 cm³/mol. The van der Waals surface area contributed by atoms with Crippen LogP contribution in [-0.4, -0.2) is 79.5 Å². The Bertz CT molecular complexity index is 1530. The van der Waals surface area contributed by atoms with E-state index in [2.05, 4.69) is 25.6 Å². The standard InChI is InChI=1S/C27H30N6O4S/c1-38(35,36)23-6-2-5-21(19-23)24-7-3-8-25-30-27(31-33(24)25)29-22-11-9-20(10-12-22)26(34)28-13-4-14-32-15-17-37-18-16-32/h2-3,5-12,19H,4,13-18H2,1H3,(H,28,34)(H,29,31). The first-order chi connectivity index (χ1) is 18.4. The fraction of sp³-hybridized carbons (Fsp3) is 0.296. The quantitative estimate of drug-likeness (QED) is 0.315. The molecule has 0 spiro atoms. The van der Waals surface area contributed by atoms with Crippen LogP contribution >= 0.6 is 0 Å². The first kappa shape index (κ1) is 25.8. The van der Waals surface area contributed by atoms with E-state index in [-0.39, 0.29) is 10.8 Å². The highest BCUT2D eigenvalue weighted by atomic mass is 32.2. The number of amides is 1. The van der Waals surface area contributed by atoms with Gasteiger partial charge in [-0.1, -0.05) is 18.2 Å². The van der Waals surface area contributed by atoms with E-state index < -0.39 is 9.84 Å². The van der Waals surface area contributed by atoms with Crippen LogP contribution in [-0.2, 0) is 14.6 Å². The van der Waals surface area contributed by atoms with Crippen LogP contribution < -0.4 is 10.6 Å². The number of benzene rings is 2. The molecule has 1 aliphatic heterocycles. The predicted octanol–water partition coefficient (Wildman–Crippen LogP) is 3.00. The number of nitrogens with one attached hydrogen (secondary N) is 2. The molecule has 38 heavy (non-hydrogen) atoms. The summed E-state index contributed by atoms with van der Waals surface area (Å²) in [5.41, 5.74) is 3.37. The van der Waals surface area contributed by atoms with E-state index >= 15 is 0 Å². The number of nitrogens with zero attached hydrogens (tertiary/aromatic N) is 4. The molecule has 1 fully saturated rings. The summed E-state index contributed by atoms with van der Waals surface area (Å²) in [4.78, 5) is 19.6. The van der Waals surface area contributed by atoms with Crippen molar-refractivity contribution in [3.8, 4) is 11.3 Å². The highest BCUT2D eigenvalue weighted by Gasteiger charge is 2.13. The number of aromatic nitrogens is 3. The van der Waals surface area contributed by atoms with E-state index in [4.69, 9.17) is 4.74 Å². The number of rotatable bonds is 9. The molecule has 2 N–H and O–H groups in total. The Hall–Kier alpha value is -3.80. The van der Waals surface area contributed by atoms with Crippen molar-refractivity contribution < 1.29 is 17.9 Å². The number of hydrogen-bond acceptors (Lipinski definition) is 8. The molecule has 0 aliphatic carbocycles. The van der Waals surface area contributed by atoms with E-state index in [0.29, 0.717) is 29.4 Å². The molecule has 2 aromatic carbocycles. The molecule has 3 heterocycles. The number of carbonyl (C=O) groups is 1. The summed E-state index contributed by atoms with van der Waals surface area (Å²) in [7, 11) is -3.34. The van der Waals surface area contributed by atoms with Crippen LogP contribution in [0.5, 0.6) is 0 Å². The second-order valence-electron chi connectivity index (χ2n) is 9.18. The Balaban J connectivity index is 1.23. The molecule has 4 aromatic rings. The fourth-order valence-electron chi connectivity index (χ4n) is 4.33. The van der Waals surface area contributed by atoms with Crippen molar-refractivity contribution in [1.82, 2.24) is 24.8 Å². The van der Waals surface area contributed by atoms with Gasteiger partial charge in [0.25, 0.3) is 5.91 Å². The Labute approximate surface area is 221 Å². The molecule has 5 rings (SSSR count). The number of fused-ring (bicyclic) bond motifs is 1. The van der Waals surface area contributed by atoms with Crippen LogP contribution in [0.1, 0.15) is 16.8 Å². The number of hydrogen-bond donors (Lipinski definition) is 2. The van der Waals surface area contributed by atoms with Crippen LogP contribution in [0.4, 0.5) is 11.6 Å². The molecule has 1 saturated heterocycles. The van der Waals surface area contributed by atoms with Gasteiger partial charge >= 0.3 is 0 Å². The fourth-order valence-corrected chi connectivity index (χ4v) is 5.00. The van der Waals surface area contributed by atoms with Crippen LogP contribution in [0.3, 0.4) is 0 Å². The Morgan fingerprint density at radius 2 is 1.79 bits per heavy atom. The zero-order valence-corrected chi connectivity index (χ0v) is 21.9. The van der Waals surface area contributed by atoms with E-state index in [1.807, 2.05) is 36.4 Å². The minimum Gasteiger partial charge on any atom is -0.379 e. The van der Waals surface area contributed by atoms with Crippen molar-refractivity contribution in [2.24, 2.45) is 0 Å². The van der Waals surface area contributed by atoms with Crippen molar-refractivity contribution in [2.75, 3.05) is 51.0 Å². The number of pyridine rings is 1. The van der Waals surface area contributed by atoms with E-state index in [0.717, 1.165) is 50.5 Å². The Kier molecular flexibility index (Phi) is 7.68. The van der Waals surface area contributed by atoms with Crippen molar-refractivity contribution in [3.63, 3.8) is 0 Å². The number of anilines is 2. The van der Waals surface area contributed by atoms with Crippen molar-refractivity contribution >= 4 is 33.0 Å². The summed E-state index contributed by atoms with van der Waals surface area (Å²) in [5, 5.41) is 10.7. The smallest absolute Gasteiger partial charge is 0.251 e. The van der Waals surface area contributed by atoms with Gasteiger partial charge in [0.05, 0.1) is 23.8 Å².